The molecule has 1 aromatic heterocycles. The number of amides is 3. The molecular weight excluding hydrogens is 380 g/mol. The van der Waals surface area contributed by atoms with E-state index in [9.17, 15) is 14.7 Å². The average Bonchev–Trinajstić information content (AvgIpc) is 2.94. The summed E-state index contributed by atoms with van der Waals surface area (Å²) in [7, 11) is 0. The van der Waals surface area contributed by atoms with Gasteiger partial charge in [-0.25, -0.2) is 4.79 Å². The molecule has 0 bridgehead atoms. The third kappa shape index (κ3) is 4.67. The van der Waals surface area contributed by atoms with E-state index in [0.717, 1.165) is 32.4 Å². The average molecular weight is 417 g/mol. The van der Waals surface area contributed by atoms with Crippen LogP contribution in [0.5, 0.6) is 0 Å². The van der Waals surface area contributed by atoms with Crippen LogP contribution >= 0.6 is 0 Å². The van der Waals surface area contributed by atoms with Crippen LogP contribution in [0.2, 0.25) is 0 Å². The van der Waals surface area contributed by atoms with Gasteiger partial charge in [-0.1, -0.05) is 13.8 Å². The highest BCUT2D eigenvalue weighted by Gasteiger charge is 2.57. The third-order valence-corrected chi connectivity index (χ3v) is 6.66. The largest absolute Gasteiger partial charge is 0.395 e. The fourth-order valence-electron chi connectivity index (χ4n) is 4.60. The minimum atomic E-state index is -0.714. The molecule has 1 atom stereocenters. The van der Waals surface area contributed by atoms with Gasteiger partial charge in [-0.3, -0.25) is 19.6 Å². The van der Waals surface area contributed by atoms with Crippen molar-refractivity contribution in [2.75, 3.05) is 32.8 Å². The number of pyridine rings is 1. The van der Waals surface area contributed by atoms with Gasteiger partial charge in [-0.05, 0) is 62.6 Å². The molecule has 7 heteroatoms. The van der Waals surface area contributed by atoms with Gasteiger partial charge in [-0.15, -0.1) is 0 Å². The quantitative estimate of drug-likeness (QED) is 0.626. The first-order valence-corrected chi connectivity index (χ1v) is 11.3. The minimum absolute atomic E-state index is 0.0257. The highest BCUT2D eigenvalue weighted by Crippen LogP contribution is 2.38. The molecule has 0 unspecified atom stereocenters. The zero-order valence-corrected chi connectivity index (χ0v) is 18.6. The van der Waals surface area contributed by atoms with Crippen LogP contribution in [0.25, 0.3) is 0 Å². The molecule has 2 aliphatic rings. The Morgan fingerprint density at radius 3 is 2.37 bits per heavy atom. The molecule has 3 rings (SSSR count). The number of nitrogens with zero attached hydrogens (tertiary/aromatic N) is 4. The van der Waals surface area contributed by atoms with Crippen LogP contribution in [0.1, 0.15) is 52.0 Å². The Bertz CT molecular complexity index is 716. The van der Waals surface area contributed by atoms with Crippen LogP contribution < -0.4 is 0 Å². The van der Waals surface area contributed by atoms with Gasteiger partial charge in [0.25, 0.3) is 5.91 Å². The van der Waals surface area contributed by atoms with Crippen molar-refractivity contribution in [1.29, 1.82) is 0 Å². The van der Waals surface area contributed by atoms with E-state index >= 15 is 0 Å². The van der Waals surface area contributed by atoms with E-state index in [2.05, 4.69) is 23.7 Å². The Morgan fingerprint density at radius 2 is 1.77 bits per heavy atom. The molecule has 1 spiro atoms. The summed E-state index contributed by atoms with van der Waals surface area (Å²) in [6, 6.07) is 3.90. The van der Waals surface area contributed by atoms with Crippen LogP contribution in [-0.2, 0) is 11.2 Å². The summed E-state index contributed by atoms with van der Waals surface area (Å²) in [5, 5.41) is 9.48. The number of carbonyl (C=O) groups excluding carboxylic acids is 2. The van der Waals surface area contributed by atoms with Gasteiger partial charge >= 0.3 is 6.03 Å². The second-order valence-electron chi connectivity index (χ2n) is 9.13. The number of urea groups is 1. The maximum atomic E-state index is 13.5. The van der Waals surface area contributed by atoms with Crippen molar-refractivity contribution < 1.29 is 14.7 Å². The molecule has 166 valence electrons. The highest BCUT2D eigenvalue weighted by atomic mass is 16.3. The zero-order chi connectivity index (χ0) is 21.7. The molecule has 0 saturated carbocycles. The van der Waals surface area contributed by atoms with E-state index in [1.807, 2.05) is 24.0 Å². The SMILES string of the molecule is CC(C)CCN1C(=O)N(CCCc2ccncc2)C(=O)C12CCN([C@H](C)CO)CC2. The summed E-state index contributed by atoms with van der Waals surface area (Å²) in [5.41, 5.74) is 0.454. The van der Waals surface area contributed by atoms with E-state index in [-0.39, 0.29) is 24.6 Å². The van der Waals surface area contributed by atoms with Gasteiger partial charge < -0.3 is 10.0 Å². The Morgan fingerprint density at radius 1 is 1.10 bits per heavy atom. The maximum absolute atomic E-state index is 13.5. The van der Waals surface area contributed by atoms with Gasteiger partial charge in [-0.2, -0.15) is 0 Å². The third-order valence-electron chi connectivity index (χ3n) is 6.66. The molecular formula is C23H36N4O3. The van der Waals surface area contributed by atoms with Gasteiger partial charge in [0.1, 0.15) is 5.54 Å². The van der Waals surface area contributed by atoms with Crippen molar-refractivity contribution >= 4 is 11.9 Å². The Kier molecular flexibility index (Phi) is 7.47. The van der Waals surface area contributed by atoms with E-state index < -0.39 is 5.54 Å². The molecule has 3 heterocycles. The molecule has 1 aromatic rings. The lowest BCUT2D eigenvalue weighted by Crippen LogP contribution is -2.58. The van der Waals surface area contributed by atoms with E-state index in [0.29, 0.717) is 31.8 Å². The van der Waals surface area contributed by atoms with Crippen LogP contribution in [0, 0.1) is 5.92 Å². The summed E-state index contributed by atoms with van der Waals surface area (Å²) < 4.78 is 0. The Hall–Kier alpha value is -1.99. The summed E-state index contributed by atoms with van der Waals surface area (Å²) in [6.07, 6.45) is 7.28. The lowest BCUT2D eigenvalue weighted by Gasteiger charge is -2.44. The van der Waals surface area contributed by atoms with E-state index in [1.54, 1.807) is 12.4 Å². The lowest BCUT2D eigenvalue weighted by atomic mass is 9.85. The van der Waals surface area contributed by atoms with E-state index in [1.165, 1.54) is 10.5 Å². The molecule has 0 radical (unpaired) electrons. The molecule has 30 heavy (non-hydrogen) atoms. The minimum Gasteiger partial charge on any atom is -0.395 e. The normalized spacial score (nSPS) is 20.6. The topological polar surface area (TPSA) is 77.0 Å². The number of hydrogen-bond donors (Lipinski definition) is 1. The number of piperidine rings is 1. The second-order valence-corrected chi connectivity index (χ2v) is 9.13. The molecule has 2 saturated heterocycles. The van der Waals surface area contributed by atoms with Crippen LogP contribution in [-0.4, -0.2) is 81.1 Å². The predicted molar refractivity (Wildman–Crippen MR) is 116 cm³/mol. The second kappa shape index (κ2) is 9.88. The summed E-state index contributed by atoms with van der Waals surface area (Å²) in [5.74, 6) is 0.447. The van der Waals surface area contributed by atoms with Gasteiger partial charge in [0.05, 0.1) is 6.61 Å². The van der Waals surface area contributed by atoms with Crippen LogP contribution in [0.4, 0.5) is 4.79 Å². The fraction of sp³-hybridized carbons (Fsp3) is 0.696. The smallest absolute Gasteiger partial charge is 0.327 e. The number of aliphatic hydroxyl groups is 1. The van der Waals surface area contributed by atoms with Crippen molar-refractivity contribution in [3.63, 3.8) is 0 Å². The number of hydrogen-bond acceptors (Lipinski definition) is 5. The van der Waals surface area contributed by atoms with Gasteiger partial charge in [0.2, 0.25) is 0 Å². The fourth-order valence-corrected chi connectivity index (χ4v) is 4.60. The van der Waals surface area contributed by atoms with Gasteiger partial charge in [0, 0.05) is 44.6 Å². The lowest BCUT2D eigenvalue weighted by molar-refractivity contribution is -0.136. The summed E-state index contributed by atoms with van der Waals surface area (Å²) in [6.45, 7) is 8.93. The Labute approximate surface area is 180 Å². The highest BCUT2D eigenvalue weighted by molar-refractivity contribution is 6.07. The first kappa shape index (κ1) is 22.7. The standard InChI is InChI=1S/C23H36N4O3/c1-18(2)8-14-27-22(30)26(13-4-5-20-6-11-24-12-7-20)21(29)23(27)9-15-25(16-10-23)19(3)17-28/h6-7,11-12,18-19,28H,4-5,8-10,13-17H2,1-3H3/t19-/m1/s1. The number of aliphatic hydroxyl groups excluding tert-OH is 1. The van der Waals surface area contributed by atoms with Gasteiger partial charge in [0.15, 0.2) is 0 Å². The van der Waals surface area contributed by atoms with E-state index in [4.69, 9.17) is 0 Å². The van der Waals surface area contributed by atoms with Crippen molar-refractivity contribution in [1.82, 2.24) is 19.7 Å². The Balaban J connectivity index is 1.71. The number of imide groups is 1. The molecule has 2 fully saturated rings. The molecule has 3 amide bonds. The van der Waals surface area contributed by atoms with Crippen LogP contribution in [0.15, 0.2) is 24.5 Å². The number of aryl methyl sites for hydroxylation is 1. The summed E-state index contributed by atoms with van der Waals surface area (Å²) in [4.78, 5) is 36.4. The first-order valence-electron chi connectivity index (χ1n) is 11.3. The molecule has 1 N–H and O–H groups in total. The number of aromatic nitrogens is 1. The molecule has 0 aromatic carbocycles. The summed E-state index contributed by atoms with van der Waals surface area (Å²) >= 11 is 0. The monoisotopic (exact) mass is 416 g/mol. The van der Waals surface area contributed by atoms with Crippen molar-refractivity contribution in [3.8, 4) is 0 Å². The molecule has 2 aliphatic heterocycles. The molecule has 0 aliphatic carbocycles. The zero-order valence-electron chi connectivity index (χ0n) is 18.6. The number of likely N-dealkylation sites (tertiary alicyclic amines) is 1. The first-order chi connectivity index (χ1) is 14.4. The van der Waals surface area contributed by atoms with Crippen molar-refractivity contribution in [2.24, 2.45) is 5.92 Å². The molecule has 7 nitrogen and oxygen atoms in total. The van der Waals surface area contributed by atoms with Crippen LogP contribution in [0.3, 0.4) is 0 Å². The number of carbonyl (C=O) groups is 2. The predicted octanol–water partition coefficient (Wildman–Crippen LogP) is 2.54. The van der Waals surface area contributed by atoms with Crippen molar-refractivity contribution in [2.45, 2.75) is 64.5 Å². The maximum Gasteiger partial charge on any atom is 0.327 e. The number of rotatable bonds is 9. The van der Waals surface area contributed by atoms with Crippen molar-refractivity contribution in [3.05, 3.63) is 30.1 Å².